The Morgan fingerprint density at radius 3 is 2.63 bits per heavy atom. The maximum absolute atomic E-state index is 13.1. The summed E-state index contributed by atoms with van der Waals surface area (Å²) in [6.45, 7) is 4.55. The van der Waals surface area contributed by atoms with Crippen molar-refractivity contribution in [2.45, 2.75) is 20.0 Å². The Morgan fingerprint density at radius 1 is 1.07 bits per heavy atom. The number of anilines is 2. The van der Waals surface area contributed by atoms with Gasteiger partial charge in [-0.25, -0.2) is 0 Å². The highest BCUT2D eigenvalue weighted by molar-refractivity contribution is 6.11. The van der Waals surface area contributed by atoms with Crippen LogP contribution >= 0.6 is 0 Å². The first kappa shape index (κ1) is 17.1. The zero-order valence-electron chi connectivity index (χ0n) is 15.3. The van der Waals surface area contributed by atoms with Crippen molar-refractivity contribution in [1.82, 2.24) is 4.98 Å². The van der Waals surface area contributed by atoms with E-state index in [0.717, 1.165) is 28.4 Å². The van der Waals surface area contributed by atoms with Gasteiger partial charge < -0.3 is 10.1 Å². The number of rotatable bonds is 5. The summed E-state index contributed by atoms with van der Waals surface area (Å²) in [7, 11) is 0. The van der Waals surface area contributed by atoms with Gasteiger partial charge in [-0.3, -0.25) is 14.7 Å². The van der Waals surface area contributed by atoms with Crippen molar-refractivity contribution in [2.24, 2.45) is 0 Å². The lowest BCUT2D eigenvalue weighted by molar-refractivity contribution is 0.0993. The fourth-order valence-corrected chi connectivity index (χ4v) is 3.30. The number of carbonyl (C=O) groups is 1. The summed E-state index contributed by atoms with van der Waals surface area (Å²) in [5.74, 6) is 0.689. The van der Waals surface area contributed by atoms with Gasteiger partial charge in [0.05, 0.1) is 23.6 Å². The van der Waals surface area contributed by atoms with E-state index in [1.807, 2.05) is 68.4 Å². The molecule has 3 aromatic rings. The van der Waals surface area contributed by atoms with Crippen molar-refractivity contribution >= 4 is 17.3 Å². The van der Waals surface area contributed by atoms with Crippen molar-refractivity contribution in [3.63, 3.8) is 0 Å². The first-order valence-corrected chi connectivity index (χ1v) is 9.02. The molecule has 1 N–H and O–H groups in total. The standard InChI is InChI=1S/C22H21N3O2/c1-3-27-19-9-5-4-8-18(19)24-21-20-17(7-6-14-23-20)22(26)25(21)16-12-10-15(2)11-13-16/h4-14,21,24H,3H2,1-2H3/t21-/m0/s1. The maximum atomic E-state index is 13.1. The molecule has 1 aliphatic rings. The van der Waals surface area contributed by atoms with Gasteiger partial charge >= 0.3 is 0 Å². The molecule has 0 saturated carbocycles. The van der Waals surface area contributed by atoms with E-state index >= 15 is 0 Å². The predicted molar refractivity (Wildman–Crippen MR) is 106 cm³/mol. The van der Waals surface area contributed by atoms with Gasteiger partial charge in [0.15, 0.2) is 6.17 Å². The van der Waals surface area contributed by atoms with E-state index in [2.05, 4.69) is 10.3 Å². The van der Waals surface area contributed by atoms with E-state index in [9.17, 15) is 4.79 Å². The zero-order valence-corrected chi connectivity index (χ0v) is 15.3. The molecule has 0 aliphatic carbocycles. The van der Waals surface area contributed by atoms with Crippen molar-refractivity contribution < 1.29 is 9.53 Å². The molecule has 4 rings (SSSR count). The second-order valence-electron chi connectivity index (χ2n) is 6.42. The molecule has 0 unspecified atom stereocenters. The van der Waals surface area contributed by atoms with Gasteiger partial charge in [-0.2, -0.15) is 0 Å². The fraction of sp³-hybridized carbons (Fsp3) is 0.182. The highest BCUT2D eigenvalue weighted by Gasteiger charge is 2.39. The quantitative estimate of drug-likeness (QED) is 0.726. The van der Waals surface area contributed by atoms with E-state index in [1.165, 1.54) is 0 Å². The van der Waals surface area contributed by atoms with E-state index in [1.54, 1.807) is 17.2 Å². The van der Waals surface area contributed by atoms with Gasteiger partial charge in [-0.05, 0) is 50.2 Å². The minimum atomic E-state index is -0.405. The summed E-state index contributed by atoms with van der Waals surface area (Å²) >= 11 is 0. The van der Waals surface area contributed by atoms with Crippen LogP contribution in [0.1, 0.15) is 34.7 Å². The summed E-state index contributed by atoms with van der Waals surface area (Å²) in [6, 6.07) is 19.3. The number of aryl methyl sites for hydroxylation is 1. The first-order chi connectivity index (χ1) is 13.2. The molecule has 0 radical (unpaired) electrons. The Bertz CT molecular complexity index is 969. The summed E-state index contributed by atoms with van der Waals surface area (Å²) in [6.07, 6.45) is 1.31. The zero-order chi connectivity index (χ0) is 18.8. The molecule has 0 spiro atoms. The molecule has 0 saturated heterocycles. The van der Waals surface area contributed by atoms with E-state index in [-0.39, 0.29) is 5.91 Å². The second kappa shape index (κ2) is 7.11. The van der Waals surface area contributed by atoms with Gasteiger partial charge in [-0.1, -0.05) is 29.8 Å². The number of hydrogen-bond acceptors (Lipinski definition) is 4. The third kappa shape index (κ3) is 3.12. The lowest BCUT2D eigenvalue weighted by Gasteiger charge is -2.27. The number of pyridine rings is 1. The number of benzene rings is 2. The first-order valence-electron chi connectivity index (χ1n) is 9.02. The number of nitrogens with zero attached hydrogens (tertiary/aromatic N) is 2. The minimum absolute atomic E-state index is 0.0617. The maximum Gasteiger partial charge on any atom is 0.262 e. The Kier molecular flexibility index (Phi) is 4.50. The van der Waals surface area contributed by atoms with Gasteiger partial charge in [0.25, 0.3) is 5.91 Å². The molecule has 2 heterocycles. The molecule has 136 valence electrons. The summed E-state index contributed by atoms with van der Waals surface area (Å²) in [5, 5.41) is 3.46. The van der Waals surface area contributed by atoms with Gasteiger partial charge in [0.2, 0.25) is 0 Å². The molecule has 27 heavy (non-hydrogen) atoms. The molecule has 0 fully saturated rings. The van der Waals surface area contributed by atoms with Gasteiger partial charge in [-0.15, -0.1) is 0 Å². The summed E-state index contributed by atoms with van der Waals surface area (Å²) in [4.78, 5) is 19.3. The Morgan fingerprint density at radius 2 is 1.85 bits per heavy atom. The lowest BCUT2D eigenvalue weighted by Crippen LogP contribution is -2.32. The number of para-hydroxylation sites is 2. The van der Waals surface area contributed by atoms with Crippen LogP contribution in [0.2, 0.25) is 0 Å². The number of carbonyl (C=O) groups excluding carboxylic acids is 1. The minimum Gasteiger partial charge on any atom is -0.492 e. The number of hydrogen-bond donors (Lipinski definition) is 1. The molecular formula is C22H21N3O2. The molecule has 1 atom stereocenters. The monoisotopic (exact) mass is 359 g/mol. The SMILES string of the molecule is CCOc1ccccc1N[C@@H]1c2ncccc2C(=O)N1c1ccc(C)cc1. The smallest absolute Gasteiger partial charge is 0.262 e. The van der Waals surface area contributed by atoms with Crippen LogP contribution < -0.4 is 15.0 Å². The molecule has 2 aromatic carbocycles. The highest BCUT2D eigenvalue weighted by atomic mass is 16.5. The topological polar surface area (TPSA) is 54.5 Å². The van der Waals surface area contributed by atoms with Crippen LogP contribution in [0.15, 0.2) is 66.9 Å². The van der Waals surface area contributed by atoms with Crippen LogP contribution in [0.5, 0.6) is 5.75 Å². The van der Waals surface area contributed by atoms with Crippen LogP contribution in [0.3, 0.4) is 0 Å². The molecule has 5 heteroatoms. The van der Waals surface area contributed by atoms with Crippen molar-refractivity contribution in [2.75, 3.05) is 16.8 Å². The molecule has 0 bridgehead atoms. The van der Waals surface area contributed by atoms with Gasteiger partial charge in [0, 0.05) is 11.9 Å². The Labute approximate surface area is 158 Å². The second-order valence-corrected chi connectivity index (χ2v) is 6.42. The average molecular weight is 359 g/mol. The van der Waals surface area contributed by atoms with Crippen LogP contribution in [0, 0.1) is 6.92 Å². The molecule has 1 aliphatic heterocycles. The van der Waals surface area contributed by atoms with Crippen molar-refractivity contribution in [3.8, 4) is 5.75 Å². The number of fused-ring (bicyclic) bond motifs is 1. The average Bonchev–Trinajstić information content (AvgIpc) is 2.97. The lowest BCUT2D eigenvalue weighted by atomic mass is 10.2. The van der Waals surface area contributed by atoms with Crippen LogP contribution in [0.25, 0.3) is 0 Å². The molecule has 1 aromatic heterocycles. The van der Waals surface area contributed by atoms with Crippen LogP contribution in [0.4, 0.5) is 11.4 Å². The fourth-order valence-electron chi connectivity index (χ4n) is 3.30. The summed E-state index contributed by atoms with van der Waals surface area (Å²) in [5.41, 5.74) is 4.13. The summed E-state index contributed by atoms with van der Waals surface area (Å²) < 4.78 is 5.73. The van der Waals surface area contributed by atoms with Crippen molar-refractivity contribution in [3.05, 3.63) is 83.7 Å². The van der Waals surface area contributed by atoms with E-state index in [0.29, 0.717) is 12.2 Å². The Balaban J connectivity index is 1.77. The number of amides is 1. The number of ether oxygens (including phenoxy) is 1. The van der Waals surface area contributed by atoms with Crippen LogP contribution in [-0.2, 0) is 0 Å². The normalized spacial score (nSPS) is 15.6. The Hall–Kier alpha value is -3.34. The number of nitrogens with one attached hydrogen (secondary N) is 1. The predicted octanol–water partition coefficient (Wildman–Crippen LogP) is 4.56. The highest BCUT2D eigenvalue weighted by Crippen LogP contribution is 2.38. The van der Waals surface area contributed by atoms with E-state index < -0.39 is 6.17 Å². The van der Waals surface area contributed by atoms with Crippen LogP contribution in [-0.4, -0.2) is 17.5 Å². The molecule has 1 amide bonds. The molecular weight excluding hydrogens is 338 g/mol. The largest absolute Gasteiger partial charge is 0.492 e. The third-order valence-electron chi connectivity index (χ3n) is 4.60. The molecule has 5 nitrogen and oxygen atoms in total. The number of aromatic nitrogens is 1. The van der Waals surface area contributed by atoms with E-state index in [4.69, 9.17) is 4.74 Å². The van der Waals surface area contributed by atoms with Gasteiger partial charge in [0.1, 0.15) is 5.75 Å². The van der Waals surface area contributed by atoms with Crippen molar-refractivity contribution in [1.29, 1.82) is 0 Å². The third-order valence-corrected chi connectivity index (χ3v) is 4.60.